The smallest absolute Gasteiger partial charge is 0.274 e. The largest absolute Gasteiger partial charge is 0.274 e. The molecule has 1 amide bonds. The second-order valence-electron chi connectivity index (χ2n) is 4.15. The van der Waals surface area contributed by atoms with Gasteiger partial charge in [0.15, 0.2) is 0 Å². The van der Waals surface area contributed by atoms with E-state index in [9.17, 15) is 14.9 Å². The van der Waals surface area contributed by atoms with Crippen molar-refractivity contribution in [3.63, 3.8) is 0 Å². The summed E-state index contributed by atoms with van der Waals surface area (Å²) in [6.45, 7) is 1.32. The maximum atomic E-state index is 11.9. The van der Waals surface area contributed by atoms with Gasteiger partial charge in [-0.05, 0) is 18.2 Å². The van der Waals surface area contributed by atoms with E-state index in [2.05, 4.69) is 4.98 Å². The molecular formula is C14H10N4O3. The number of pyridine rings is 1. The Bertz CT molecular complexity index is 752. The summed E-state index contributed by atoms with van der Waals surface area (Å²) < 4.78 is 0. The van der Waals surface area contributed by atoms with Crippen LogP contribution in [0.4, 0.5) is 17.2 Å². The zero-order chi connectivity index (χ0) is 15.4. The number of carbonyl (C=O) groups is 1. The first kappa shape index (κ1) is 14.1. The summed E-state index contributed by atoms with van der Waals surface area (Å²) in [6, 6.07) is 10.8. The van der Waals surface area contributed by atoms with Crippen LogP contribution < -0.4 is 4.90 Å². The molecule has 21 heavy (non-hydrogen) atoms. The van der Waals surface area contributed by atoms with E-state index in [1.165, 1.54) is 36.2 Å². The molecule has 0 fully saturated rings. The van der Waals surface area contributed by atoms with Crippen molar-refractivity contribution in [3.8, 4) is 6.07 Å². The topological polar surface area (TPSA) is 100 Å². The molecule has 104 valence electrons. The molecule has 0 spiro atoms. The number of rotatable bonds is 3. The molecule has 2 rings (SSSR count). The number of nitro groups is 1. The quantitative estimate of drug-likeness (QED) is 0.636. The lowest BCUT2D eigenvalue weighted by atomic mass is 10.2. The highest BCUT2D eigenvalue weighted by atomic mass is 16.6. The summed E-state index contributed by atoms with van der Waals surface area (Å²) in [5, 5.41) is 19.7. The lowest BCUT2D eigenvalue weighted by molar-refractivity contribution is -0.384. The standard InChI is InChI=1S/C14H10N4O3/c1-10(19)17(12-4-2-3-11(7-12)9-15)14-8-13(18(20)21)5-6-16-14/h2-8H,1H3. The van der Waals surface area contributed by atoms with Crippen molar-refractivity contribution in [3.05, 3.63) is 58.3 Å². The summed E-state index contributed by atoms with van der Waals surface area (Å²) in [7, 11) is 0. The third kappa shape index (κ3) is 3.01. The summed E-state index contributed by atoms with van der Waals surface area (Å²) in [5.74, 6) is -0.232. The molecule has 0 radical (unpaired) electrons. The molecule has 0 aliphatic heterocycles. The summed E-state index contributed by atoms with van der Waals surface area (Å²) in [5.41, 5.74) is 0.640. The molecule has 7 heteroatoms. The van der Waals surface area contributed by atoms with Crippen molar-refractivity contribution < 1.29 is 9.72 Å². The molecular weight excluding hydrogens is 272 g/mol. The molecule has 1 aromatic heterocycles. The second-order valence-corrected chi connectivity index (χ2v) is 4.15. The number of anilines is 2. The molecule has 0 aliphatic rings. The average molecular weight is 282 g/mol. The number of nitriles is 1. The predicted octanol–water partition coefficient (Wildman–Crippen LogP) is 2.55. The minimum Gasteiger partial charge on any atom is -0.274 e. The summed E-state index contributed by atoms with van der Waals surface area (Å²) in [4.78, 5) is 27.3. The van der Waals surface area contributed by atoms with Crippen molar-refractivity contribution in [2.45, 2.75) is 6.92 Å². The van der Waals surface area contributed by atoms with E-state index in [0.717, 1.165) is 0 Å². The van der Waals surface area contributed by atoms with Crippen LogP contribution in [-0.2, 0) is 4.79 Å². The Hall–Kier alpha value is -3.27. The van der Waals surface area contributed by atoms with E-state index >= 15 is 0 Å². The van der Waals surface area contributed by atoms with Crippen LogP contribution in [0, 0.1) is 21.4 Å². The van der Waals surface area contributed by atoms with Gasteiger partial charge < -0.3 is 0 Å². The first-order valence-electron chi connectivity index (χ1n) is 5.94. The Morgan fingerprint density at radius 3 is 2.76 bits per heavy atom. The van der Waals surface area contributed by atoms with E-state index in [-0.39, 0.29) is 17.4 Å². The lowest BCUT2D eigenvalue weighted by Gasteiger charge is -2.20. The Morgan fingerprint density at radius 2 is 2.14 bits per heavy atom. The SMILES string of the molecule is CC(=O)N(c1cccc(C#N)c1)c1cc([N+](=O)[O-])ccn1. The van der Waals surface area contributed by atoms with Crippen LogP contribution in [0.2, 0.25) is 0 Å². The molecule has 2 aromatic rings. The van der Waals surface area contributed by atoms with Gasteiger partial charge in [0.2, 0.25) is 5.91 Å². The Morgan fingerprint density at radius 1 is 1.38 bits per heavy atom. The highest BCUT2D eigenvalue weighted by Gasteiger charge is 2.18. The van der Waals surface area contributed by atoms with Crippen LogP contribution in [-0.4, -0.2) is 15.8 Å². The first-order chi connectivity index (χ1) is 10.0. The number of hydrogen-bond donors (Lipinski definition) is 0. The maximum Gasteiger partial charge on any atom is 0.274 e. The molecule has 0 bridgehead atoms. The zero-order valence-electron chi connectivity index (χ0n) is 11.1. The van der Waals surface area contributed by atoms with E-state index in [1.54, 1.807) is 18.2 Å². The Kier molecular flexibility index (Phi) is 3.90. The van der Waals surface area contributed by atoms with Gasteiger partial charge in [-0.3, -0.25) is 19.8 Å². The Balaban J connectivity index is 2.54. The van der Waals surface area contributed by atoms with Crippen molar-refractivity contribution in [2.75, 3.05) is 4.90 Å². The maximum absolute atomic E-state index is 11.9. The second kappa shape index (κ2) is 5.79. The third-order valence-corrected chi connectivity index (χ3v) is 2.72. The van der Waals surface area contributed by atoms with E-state index < -0.39 is 4.92 Å². The highest BCUT2D eigenvalue weighted by molar-refractivity contribution is 5.98. The number of nitrogens with zero attached hydrogens (tertiary/aromatic N) is 4. The molecule has 1 heterocycles. The minimum absolute atomic E-state index is 0.131. The number of aromatic nitrogens is 1. The molecule has 0 N–H and O–H groups in total. The van der Waals surface area contributed by atoms with Crippen molar-refractivity contribution >= 4 is 23.1 Å². The van der Waals surface area contributed by atoms with Gasteiger partial charge in [0.1, 0.15) is 5.82 Å². The van der Waals surface area contributed by atoms with Crippen LogP contribution in [0.15, 0.2) is 42.6 Å². The van der Waals surface area contributed by atoms with Crippen LogP contribution in [0.5, 0.6) is 0 Å². The molecule has 0 saturated heterocycles. The van der Waals surface area contributed by atoms with Gasteiger partial charge in [-0.25, -0.2) is 4.98 Å². The van der Waals surface area contributed by atoms with Crippen LogP contribution >= 0.6 is 0 Å². The molecule has 0 unspecified atom stereocenters. The normalized spacial score (nSPS) is 9.71. The van der Waals surface area contributed by atoms with Crippen LogP contribution in [0.25, 0.3) is 0 Å². The predicted molar refractivity (Wildman–Crippen MR) is 74.9 cm³/mol. The molecule has 0 aliphatic carbocycles. The molecule has 0 saturated carbocycles. The van der Waals surface area contributed by atoms with Gasteiger partial charge in [0.25, 0.3) is 5.69 Å². The number of hydrogen-bond acceptors (Lipinski definition) is 5. The summed E-state index contributed by atoms with van der Waals surface area (Å²) >= 11 is 0. The van der Waals surface area contributed by atoms with Gasteiger partial charge in [-0.1, -0.05) is 6.07 Å². The monoisotopic (exact) mass is 282 g/mol. The van der Waals surface area contributed by atoms with Crippen LogP contribution in [0.1, 0.15) is 12.5 Å². The van der Waals surface area contributed by atoms with Crippen LogP contribution in [0.3, 0.4) is 0 Å². The Labute approximate surface area is 120 Å². The first-order valence-corrected chi connectivity index (χ1v) is 5.94. The van der Waals surface area contributed by atoms with Gasteiger partial charge in [0.05, 0.1) is 28.3 Å². The fraction of sp³-hybridized carbons (Fsp3) is 0.0714. The fourth-order valence-corrected chi connectivity index (χ4v) is 1.83. The van der Waals surface area contributed by atoms with Crippen molar-refractivity contribution in [1.29, 1.82) is 5.26 Å². The van der Waals surface area contributed by atoms with E-state index in [1.807, 2.05) is 6.07 Å². The highest BCUT2D eigenvalue weighted by Crippen LogP contribution is 2.27. The fourth-order valence-electron chi connectivity index (χ4n) is 1.83. The van der Waals surface area contributed by atoms with Crippen molar-refractivity contribution in [1.82, 2.24) is 4.98 Å². The zero-order valence-corrected chi connectivity index (χ0v) is 11.1. The third-order valence-electron chi connectivity index (χ3n) is 2.72. The van der Waals surface area contributed by atoms with E-state index in [4.69, 9.17) is 5.26 Å². The van der Waals surface area contributed by atoms with E-state index in [0.29, 0.717) is 11.3 Å². The lowest BCUT2D eigenvalue weighted by Crippen LogP contribution is -2.23. The van der Waals surface area contributed by atoms with Gasteiger partial charge in [0, 0.05) is 19.2 Å². The number of carbonyl (C=O) groups excluding carboxylic acids is 1. The molecule has 1 aromatic carbocycles. The van der Waals surface area contributed by atoms with Gasteiger partial charge in [-0.2, -0.15) is 5.26 Å². The number of benzene rings is 1. The number of amides is 1. The van der Waals surface area contributed by atoms with Crippen molar-refractivity contribution in [2.24, 2.45) is 0 Å². The minimum atomic E-state index is -0.560. The van der Waals surface area contributed by atoms with Gasteiger partial charge in [-0.15, -0.1) is 0 Å². The van der Waals surface area contributed by atoms with Gasteiger partial charge >= 0.3 is 0 Å². The molecule has 0 atom stereocenters. The average Bonchev–Trinajstić information content (AvgIpc) is 2.47. The summed E-state index contributed by atoms with van der Waals surface area (Å²) in [6.07, 6.45) is 1.26. The molecule has 7 nitrogen and oxygen atoms in total.